The van der Waals surface area contributed by atoms with Gasteiger partial charge in [0.1, 0.15) is 5.75 Å². The first-order chi connectivity index (χ1) is 17.7. The molecule has 5 heteroatoms. The lowest BCUT2D eigenvalue weighted by Crippen LogP contribution is -2.38. The summed E-state index contributed by atoms with van der Waals surface area (Å²) >= 11 is 1.46. The quantitative estimate of drug-likeness (QED) is 0.377. The lowest BCUT2D eigenvalue weighted by molar-refractivity contribution is 0.340. The Bertz CT molecular complexity index is 1660. The second-order valence-corrected chi connectivity index (χ2v) is 9.92. The zero-order valence-corrected chi connectivity index (χ0v) is 20.9. The Labute approximate surface area is 213 Å². The van der Waals surface area contributed by atoms with Gasteiger partial charge in [-0.25, -0.2) is 4.99 Å². The molecule has 1 unspecified atom stereocenters. The van der Waals surface area contributed by atoms with Crippen molar-refractivity contribution >= 4 is 29.2 Å². The molecular formula is C31H26N2O2S. The molecule has 0 fully saturated rings. The summed E-state index contributed by atoms with van der Waals surface area (Å²) in [5.41, 5.74) is 6.89. The lowest BCUT2D eigenvalue weighted by atomic mass is 9.83. The van der Waals surface area contributed by atoms with Crippen molar-refractivity contribution in [1.29, 1.82) is 0 Å². The third-order valence-electron chi connectivity index (χ3n) is 6.72. The van der Waals surface area contributed by atoms with E-state index in [4.69, 9.17) is 9.73 Å². The first kappa shape index (κ1) is 22.5. The molecule has 0 spiro atoms. The Balaban J connectivity index is 1.51. The van der Waals surface area contributed by atoms with Crippen molar-refractivity contribution in [3.63, 3.8) is 0 Å². The van der Waals surface area contributed by atoms with Crippen LogP contribution in [-0.2, 0) is 6.42 Å². The van der Waals surface area contributed by atoms with Crippen molar-refractivity contribution in [3.05, 3.63) is 132 Å². The monoisotopic (exact) mass is 490 g/mol. The Hall–Kier alpha value is -3.96. The largest absolute Gasteiger partial charge is 0.494 e. The summed E-state index contributed by atoms with van der Waals surface area (Å²) in [4.78, 5) is 19.5. The van der Waals surface area contributed by atoms with E-state index < -0.39 is 0 Å². The van der Waals surface area contributed by atoms with Crippen LogP contribution in [0.5, 0.6) is 5.75 Å². The van der Waals surface area contributed by atoms with Gasteiger partial charge < -0.3 is 4.74 Å². The zero-order chi connectivity index (χ0) is 24.5. The number of allylic oxidation sites excluding steroid dienone is 2. The minimum Gasteiger partial charge on any atom is -0.494 e. The highest BCUT2D eigenvalue weighted by Gasteiger charge is 2.32. The molecule has 6 rings (SSSR count). The molecule has 178 valence electrons. The summed E-state index contributed by atoms with van der Waals surface area (Å²) in [5, 5.41) is 0. The SMILES string of the molecule is CCOc1ccc(C2C3=C(N=c4sc(=C/C=C/c5ccccc5)c(=O)n42)c2ccccc2CC3)cc1. The fourth-order valence-electron chi connectivity index (χ4n) is 5.06. The van der Waals surface area contributed by atoms with E-state index in [2.05, 4.69) is 36.4 Å². The second-order valence-electron chi connectivity index (χ2n) is 8.91. The van der Waals surface area contributed by atoms with E-state index in [1.807, 2.05) is 72.2 Å². The van der Waals surface area contributed by atoms with Crippen LogP contribution < -0.4 is 19.6 Å². The average molecular weight is 491 g/mol. The third-order valence-corrected chi connectivity index (χ3v) is 7.72. The Morgan fingerprint density at radius 3 is 2.58 bits per heavy atom. The first-order valence-electron chi connectivity index (χ1n) is 12.3. The lowest BCUT2D eigenvalue weighted by Gasteiger charge is -2.30. The number of benzene rings is 3. The average Bonchev–Trinajstić information content (AvgIpc) is 3.23. The van der Waals surface area contributed by atoms with Gasteiger partial charge in [-0.15, -0.1) is 0 Å². The van der Waals surface area contributed by atoms with E-state index in [1.54, 1.807) is 0 Å². The van der Waals surface area contributed by atoms with Gasteiger partial charge in [-0.3, -0.25) is 9.36 Å². The van der Waals surface area contributed by atoms with Crippen molar-refractivity contribution in [2.45, 2.75) is 25.8 Å². The molecule has 1 atom stereocenters. The summed E-state index contributed by atoms with van der Waals surface area (Å²) in [6.07, 6.45) is 7.70. The van der Waals surface area contributed by atoms with Crippen molar-refractivity contribution in [2.75, 3.05) is 6.61 Å². The number of thiazole rings is 1. The minimum atomic E-state index is -0.180. The second kappa shape index (κ2) is 9.59. The summed E-state index contributed by atoms with van der Waals surface area (Å²) in [7, 11) is 0. The predicted octanol–water partition coefficient (Wildman–Crippen LogP) is 5.38. The molecule has 0 radical (unpaired) electrons. The van der Waals surface area contributed by atoms with E-state index in [0.29, 0.717) is 11.1 Å². The molecule has 4 aromatic rings. The molecule has 3 aromatic carbocycles. The number of hydrogen-bond acceptors (Lipinski definition) is 4. The van der Waals surface area contributed by atoms with E-state index in [1.165, 1.54) is 28.0 Å². The van der Waals surface area contributed by atoms with Gasteiger partial charge in [-0.05, 0) is 60.2 Å². The van der Waals surface area contributed by atoms with E-state index in [9.17, 15) is 4.79 Å². The molecule has 0 saturated carbocycles. The molecule has 2 heterocycles. The van der Waals surface area contributed by atoms with Crippen LogP contribution in [0.3, 0.4) is 0 Å². The van der Waals surface area contributed by atoms with Gasteiger partial charge in [0, 0.05) is 5.56 Å². The van der Waals surface area contributed by atoms with Gasteiger partial charge in [-0.2, -0.15) is 0 Å². The van der Waals surface area contributed by atoms with Gasteiger partial charge in [0.15, 0.2) is 4.80 Å². The maximum absolute atomic E-state index is 13.7. The summed E-state index contributed by atoms with van der Waals surface area (Å²) in [6, 6.07) is 26.6. The molecule has 0 amide bonds. The summed E-state index contributed by atoms with van der Waals surface area (Å²) in [6.45, 7) is 2.60. The predicted molar refractivity (Wildman–Crippen MR) is 147 cm³/mol. The smallest absolute Gasteiger partial charge is 0.271 e. The van der Waals surface area contributed by atoms with E-state index >= 15 is 0 Å². The number of aromatic nitrogens is 1. The standard InChI is InChI=1S/C31H26N2O2S/c1-2-35-24-18-15-23(16-19-24)29-26-20-17-22-12-6-7-13-25(22)28(26)32-31-33(29)30(34)27(36-31)14-8-11-21-9-4-3-5-10-21/h3-16,18-19,29H,2,17,20H2,1H3/b11-8+,27-14?. The molecule has 0 saturated heterocycles. The maximum Gasteiger partial charge on any atom is 0.271 e. The van der Waals surface area contributed by atoms with Crippen LogP contribution in [0.2, 0.25) is 0 Å². The Morgan fingerprint density at radius 2 is 1.78 bits per heavy atom. The number of rotatable bonds is 5. The van der Waals surface area contributed by atoms with E-state index in [-0.39, 0.29) is 11.6 Å². The van der Waals surface area contributed by atoms with Crippen LogP contribution >= 0.6 is 11.3 Å². The van der Waals surface area contributed by atoms with Gasteiger partial charge in [0.25, 0.3) is 5.56 Å². The topological polar surface area (TPSA) is 43.6 Å². The van der Waals surface area contributed by atoms with Crippen molar-refractivity contribution in [3.8, 4) is 5.75 Å². The molecule has 1 aliphatic carbocycles. The van der Waals surface area contributed by atoms with Crippen molar-refractivity contribution < 1.29 is 4.74 Å². The molecule has 0 N–H and O–H groups in total. The van der Waals surface area contributed by atoms with Crippen molar-refractivity contribution in [2.24, 2.45) is 4.99 Å². The Kier molecular flexibility index (Phi) is 5.99. The number of nitrogens with zero attached hydrogens (tertiary/aromatic N) is 2. The first-order valence-corrected chi connectivity index (χ1v) is 13.1. The summed E-state index contributed by atoms with van der Waals surface area (Å²) in [5.74, 6) is 0.836. The van der Waals surface area contributed by atoms with E-state index in [0.717, 1.165) is 40.2 Å². The fourth-order valence-corrected chi connectivity index (χ4v) is 6.01. The van der Waals surface area contributed by atoms with Crippen molar-refractivity contribution in [1.82, 2.24) is 4.57 Å². The minimum absolute atomic E-state index is 0.000699. The number of fused-ring (bicyclic) bond motifs is 3. The zero-order valence-electron chi connectivity index (χ0n) is 20.1. The molecule has 0 bridgehead atoms. The van der Waals surface area contributed by atoms with Gasteiger partial charge in [0.05, 0.1) is 22.9 Å². The number of aryl methyl sites for hydroxylation is 1. The highest BCUT2D eigenvalue weighted by molar-refractivity contribution is 7.07. The van der Waals surface area contributed by atoms with Crippen LogP contribution in [0.25, 0.3) is 17.8 Å². The van der Waals surface area contributed by atoms with Crippen LogP contribution in [0.1, 0.15) is 41.6 Å². The third kappa shape index (κ3) is 4.06. The molecular weight excluding hydrogens is 464 g/mol. The van der Waals surface area contributed by atoms with Crippen LogP contribution in [0, 0.1) is 0 Å². The number of hydrogen-bond donors (Lipinski definition) is 0. The van der Waals surface area contributed by atoms with Gasteiger partial charge in [-0.1, -0.05) is 90.2 Å². The normalized spacial score (nSPS) is 16.9. The van der Waals surface area contributed by atoms with Crippen LogP contribution in [0.4, 0.5) is 0 Å². The number of ether oxygens (including phenoxy) is 1. The highest BCUT2D eigenvalue weighted by Crippen LogP contribution is 2.41. The molecule has 1 aliphatic heterocycles. The molecule has 1 aromatic heterocycles. The fraction of sp³-hybridized carbons (Fsp3) is 0.161. The van der Waals surface area contributed by atoms with Gasteiger partial charge in [0.2, 0.25) is 0 Å². The van der Waals surface area contributed by atoms with Gasteiger partial charge >= 0.3 is 0 Å². The molecule has 2 aliphatic rings. The van der Waals surface area contributed by atoms with Crippen LogP contribution in [-0.4, -0.2) is 11.2 Å². The summed E-state index contributed by atoms with van der Waals surface area (Å²) < 4.78 is 8.24. The molecule has 4 nitrogen and oxygen atoms in total. The van der Waals surface area contributed by atoms with Crippen LogP contribution in [0.15, 0.2) is 100 Å². The maximum atomic E-state index is 13.7. The Morgan fingerprint density at radius 1 is 1.00 bits per heavy atom. The highest BCUT2D eigenvalue weighted by atomic mass is 32.1. The molecule has 36 heavy (non-hydrogen) atoms.